The smallest absolute Gasteiger partial charge is 0.348 e. The van der Waals surface area contributed by atoms with E-state index in [1.165, 1.54) is 7.11 Å². The van der Waals surface area contributed by atoms with Crippen LogP contribution in [-0.4, -0.2) is 25.8 Å². The van der Waals surface area contributed by atoms with Crippen molar-refractivity contribution in [2.24, 2.45) is 0 Å². The summed E-state index contributed by atoms with van der Waals surface area (Å²) in [6.45, 7) is 2.39. The molecule has 0 amide bonds. The van der Waals surface area contributed by atoms with E-state index < -0.39 is 5.97 Å². The highest BCUT2D eigenvalue weighted by Gasteiger charge is 2.25. The van der Waals surface area contributed by atoms with Gasteiger partial charge < -0.3 is 9.47 Å². The van der Waals surface area contributed by atoms with Crippen LogP contribution in [0.5, 0.6) is 0 Å². The lowest BCUT2D eigenvalue weighted by Gasteiger charge is -2.05. The van der Waals surface area contributed by atoms with Crippen LogP contribution < -0.4 is 0 Å². The fourth-order valence-corrected chi connectivity index (χ4v) is 1.33. The number of carbonyl (C=O) groups excluding carboxylic acids is 1. The number of hydrogen-bond acceptors (Lipinski definition) is 4. The van der Waals surface area contributed by atoms with Crippen molar-refractivity contribution in [2.75, 3.05) is 13.7 Å². The van der Waals surface area contributed by atoms with Crippen molar-refractivity contribution < 1.29 is 14.3 Å². The minimum atomic E-state index is -0.574. The molecule has 0 spiro atoms. The van der Waals surface area contributed by atoms with Crippen LogP contribution in [0.3, 0.4) is 0 Å². The Morgan fingerprint density at radius 3 is 2.85 bits per heavy atom. The molecule has 1 aliphatic rings. The van der Waals surface area contributed by atoms with E-state index in [2.05, 4.69) is 4.74 Å². The Labute approximate surface area is 76.7 Å². The van der Waals surface area contributed by atoms with E-state index in [1.807, 2.05) is 13.0 Å². The van der Waals surface area contributed by atoms with Gasteiger partial charge in [-0.05, 0) is 18.9 Å². The van der Waals surface area contributed by atoms with Crippen LogP contribution in [0.25, 0.3) is 0 Å². The van der Waals surface area contributed by atoms with Crippen molar-refractivity contribution in [1.82, 2.24) is 0 Å². The standard InChI is InChI=1S/C9H11NO3/c1-6-7(3-4-13-6)8(5-10)9(11)12-2/h6H,3-4H2,1-2H3/b8-7+/t6-/m1/s1. The SMILES string of the molecule is COC(=O)/C(C#N)=C1\CCO[C@@H]1C. The number of nitriles is 1. The first-order chi connectivity index (χ1) is 6.20. The molecule has 1 rings (SSSR count). The van der Waals surface area contributed by atoms with Gasteiger partial charge in [-0.15, -0.1) is 0 Å². The second-order valence-electron chi connectivity index (χ2n) is 2.77. The van der Waals surface area contributed by atoms with Gasteiger partial charge in [0.25, 0.3) is 0 Å². The molecule has 0 bridgehead atoms. The van der Waals surface area contributed by atoms with E-state index in [1.54, 1.807) is 0 Å². The third kappa shape index (κ3) is 1.87. The van der Waals surface area contributed by atoms with Crippen molar-refractivity contribution in [2.45, 2.75) is 19.4 Å². The lowest BCUT2D eigenvalue weighted by molar-refractivity contribution is -0.135. The van der Waals surface area contributed by atoms with Crippen LogP contribution in [0.4, 0.5) is 0 Å². The lowest BCUT2D eigenvalue weighted by Crippen LogP contribution is -2.10. The summed E-state index contributed by atoms with van der Waals surface area (Å²) < 4.78 is 9.72. The Kier molecular flexibility index (Phi) is 3.04. The fraction of sp³-hybridized carbons (Fsp3) is 0.556. The summed E-state index contributed by atoms with van der Waals surface area (Å²) in [6.07, 6.45) is 0.493. The molecule has 0 saturated carbocycles. The predicted octanol–water partition coefficient (Wildman–Crippen LogP) is 0.788. The van der Waals surface area contributed by atoms with E-state index in [0.29, 0.717) is 13.0 Å². The number of ether oxygens (including phenoxy) is 2. The van der Waals surface area contributed by atoms with Gasteiger partial charge in [-0.1, -0.05) is 0 Å². The third-order valence-electron chi connectivity index (χ3n) is 2.05. The maximum atomic E-state index is 11.1. The molecule has 1 fully saturated rings. The second-order valence-corrected chi connectivity index (χ2v) is 2.77. The van der Waals surface area contributed by atoms with Crippen LogP contribution in [0.2, 0.25) is 0 Å². The Morgan fingerprint density at radius 1 is 1.77 bits per heavy atom. The van der Waals surface area contributed by atoms with Gasteiger partial charge in [-0.2, -0.15) is 5.26 Å². The quantitative estimate of drug-likeness (QED) is 0.341. The third-order valence-corrected chi connectivity index (χ3v) is 2.05. The van der Waals surface area contributed by atoms with Gasteiger partial charge in [0.15, 0.2) is 0 Å². The summed E-state index contributed by atoms with van der Waals surface area (Å²) in [6, 6.07) is 1.85. The number of rotatable bonds is 1. The van der Waals surface area contributed by atoms with Crippen molar-refractivity contribution in [3.63, 3.8) is 0 Å². The number of carbonyl (C=O) groups is 1. The van der Waals surface area contributed by atoms with Crippen molar-refractivity contribution >= 4 is 5.97 Å². The molecule has 1 aliphatic heterocycles. The van der Waals surface area contributed by atoms with Gasteiger partial charge in [0.1, 0.15) is 11.6 Å². The monoisotopic (exact) mass is 181 g/mol. The zero-order valence-corrected chi connectivity index (χ0v) is 7.66. The van der Waals surface area contributed by atoms with Crippen LogP contribution in [0.1, 0.15) is 13.3 Å². The predicted molar refractivity (Wildman–Crippen MR) is 44.7 cm³/mol. The van der Waals surface area contributed by atoms with Crippen molar-refractivity contribution in [3.8, 4) is 6.07 Å². The summed E-state index contributed by atoms with van der Waals surface area (Å²) in [7, 11) is 1.26. The maximum absolute atomic E-state index is 11.1. The minimum Gasteiger partial charge on any atom is -0.465 e. The summed E-state index contributed by atoms with van der Waals surface area (Å²) in [5.74, 6) is -0.574. The molecule has 0 aliphatic carbocycles. The van der Waals surface area contributed by atoms with Gasteiger partial charge in [0.05, 0.1) is 19.8 Å². The Bertz CT molecular complexity index is 288. The van der Waals surface area contributed by atoms with E-state index >= 15 is 0 Å². The lowest BCUT2D eigenvalue weighted by atomic mass is 10.0. The molecule has 1 atom stereocenters. The number of nitrogens with zero attached hydrogens (tertiary/aromatic N) is 1. The average molecular weight is 181 g/mol. The molecule has 0 aromatic heterocycles. The summed E-state index contributed by atoms with van der Waals surface area (Å²) in [5, 5.41) is 8.74. The molecular weight excluding hydrogens is 170 g/mol. The maximum Gasteiger partial charge on any atom is 0.348 e. The van der Waals surface area contributed by atoms with Gasteiger partial charge in [-0.3, -0.25) is 0 Å². The molecule has 70 valence electrons. The first kappa shape index (κ1) is 9.75. The summed E-state index contributed by atoms with van der Waals surface area (Å²) >= 11 is 0. The van der Waals surface area contributed by atoms with Crippen molar-refractivity contribution in [3.05, 3.63) is 11.1 Å². The highest BCUT2D eigenvalue weighted by Crippen LogP contribution is 2.23. The van der Waals surface area contributed by atoms with Gasteiger partial charge >= 0.3 is 5.97 Å². The normalized spacial score (nSPS) is 25.2. The van der Waals surface area contributed by atoms with E-state index in [4.69, 9.17) is 10.00 Å². The molecule has 0 aromatic carbocycles. The molecule has 0 aromatic rings. The Balaban J connectivity index is 2.98. The molecular formula is C9H11NO3. The van der Waals surface area contributed by atoms with E-state index in [0.717, 1.165) is 5.57 Å². The van der Waals surface area contributed by atoms with E-state index in [-0.39, 0.29) is 11.7 Å². The van der Waals surface area contributed by atoms with Crippen LogP contribution >= 0.6 is 0 Å². The molecule has 13 heavy (non-hydrogen) atoms. The second kappa shape index (κ2) is 4.06. The number of methoxy groups -OCH3 is 1. The minimum absolute atomic E-state index is 0.0903. The first-order valence-electron chi connectivity index (χ1n) is 4.03. The van der Waals surface area contributed by atoms with E-state index in [9.17, 15) is 4.79 Å². The zero-order valence-electron chi connectivity index (χ0n) is 7.66. The molecule has 1 heterocycles. The Hall–Kier alpha value is -1.34. The molecule has 0 radical (unpaired) electrons. The fourth-order valence-electron chi connectivity index (χ4n) is 1.33. The van der Waals surface area contributed by atoms with Gasteiger partial charge in [0.2, 0.25) is 0 Å². The molecule has 0 N–H and O–H groups in total. The van der Waals surface area contributed by atoms with Crippen LogP contribution in [0.15, 0.2) is 11.1 Å². The molecule has 0 unspecified atom stereocenters. The molecule has 1 saturated heterocycles. The number of hydrogen-bond donors (Lipinski definition) is 0. The summed E-state index contributed by atoms with van der Waals surface area (Å²) in [4.78, 5) is 11.1. The summed E-state index contributed by atoms with van der Waals surface area (Å²) in [5.41, 5.74) is 0.835. The van der Waals surface area contributed by atoms with Gasteiger partial charge in [0, 0.05) is 0 Å². The molecule has 4 nitrogen and oxygen atoms in total. The number of esters is 1. The highest BCUT2D eigenvalue weighted by molar-refractivity contribution is 5.93. The van der Waals surface area contributed by atoms with Gasteiger partial charge in [-0.25, -0.2) is 4.79 Å². The molecule has 4 heteroatoms. The van der Waals surface area contributed by atoms with Crippen molar-refractivity contribution in [1.29, 1.82) is 5.26 Å². The van der Waals surface area contributed by atoms with Crippen LogP contribution in [-0.2, 0) is 14.3 Å². The first-order valence-corrected chi connectivity index (χ1v) is 4.03. The largest absolute Gasteiger partial charge is 0.465 e. The highest BCUT2D eigenvalue weighted by atomic mass is 16.5. The Morgan fingerprint density at radius 2 is 2.46 bits per heavy atom. The topological polar surface area (TPSA) is 59.3 Å². The van der Waals surface area contributed by atoms with Crippen LogP contribution in [0, 0.1) is 11.3 Å². The zero-order chi connectivity index (χ0) is 9.84. The average Bonchev–Trinajstić information content (AvgIpc) is 2.53.